The molecule has 6 nitrogen and oxygen atoms in total. The van der Waals surface area contributed by atoms with E-state index in [2.05, 4.69) is 5.32 Å². The normalized spacial score (nSPS) is 21.6. The van der Waals surface area contributed by atoms with Crippen LogP contribution in [0, 0.1) is 0 Å². The number of hydrogen-bond acceptors (Lipinski definition) is 4. The number of nitrogens with one attached hydrogen (secondary N) is 1. The number of carbonyl (C=O) groups is 2. The fraction of sp³-hybridized carbons (Fsp3) is 0.429. The van der Waals surface area contributed by atoms with Gasteiger partial charge in [0.1, 0.15) is 6.04 Å². The van der Waals surface area contributed by atoms with Gasteiger partial charge in [-0.15, -0.1) is 0 Å². The Morgan fingerprint density at radius 3 is 2.90 bits per heavy atom. The van der Waals surface area contributed by atoms with Gasteiger partial charge in [0.2, 0.25) is 5.91 Å². The third-order valence-corrected chi connectivity index (χ3v) is 3.80. The van der Waals surface area contributed by atoms with Crippen LogP contribution < -0.4 is 11.1 Å². The molecule has 1 saturated heterocycles. The number of amides is 2. The Morgan fingerprint density at radius 1 is 1.30 bits per heavy atom. The molecule has 1 atom stereocenters. The van der Waals surface area contributed by atoms with Crippen molar-refractivity contribution < 1.29 is 14.3 Å². The Morgan fingerprint density at radius 2 is 2.10 bits per heavy atom. The van der Waals surface area contributed by atoms with Crippen molar-refractivity contribution in [2.24, 2.45) is 5.73 Å². The van der Waals surface area contributed by atoms with E-state index in [1.165, 1.54) is 0 Å². The van der Waals surface area contributed by atoms with Crippen LogP contribution in [0.5, 0.6) is 0 Å². The van der Waals surface area contributed by atoms with Gasteiger partial charge in [-0.2, -0.15) is 0 Å². The van der Waals surface area contributed by atoms with Gasteiger partial charge in [-0.1, -0.05) is 6.07 Å². The zero-order valence-corrected chi connectivity index (χ0v) is 11.1. The summed E-state index contributed by atoms with van der Waals surface area (Å²) in [5, 5.41) is 3.08. The molecule has 6 heteroatoms. The monoisotopic (exact) mass is 275 g/mol. The van der Waals surface area contributed by atoms with Gasteiger partial charge in [-0.05, 0) is 23.3 Å². The zero-order valence-electron chi connectivity index (χ0n) is 11.1. The number of benzene rings is 1. The summed E-state index contributed by atoms with van der Waals surface area (Å²) in [5.41, 5.74) is 8.12. The lowest BCUT2D eigenvalue weighted by molar-refractivity contribution is -0.122. The molecule has 20 heavy (non-hydrogen) atoms. The lowest BCUT2D eigenvalue weighted by Crippen LogP contribution is -2.58. The number of nitrogens with zero attached hydrogens (tertiary/aromatic N) is 1. The summed E-state index contributed by atoms with van der Waals surface area (Å²) >= 11 is 0. The minimum absolute atomic E-state index is 0.148. The van der Waals surface area contributed by atoms with E-state index in [1.54, 1.807) is 11.0 Å². The van der Waals surface area contributed by atoms with Gasteiger partial charge < -0.3 is 20.7 Å². The average molecular weight is 275 g/mol. The molecule has 0 aliphatic carbocycles. The molecule has 1 aromatic rings. The number of ether oxygens (including phenoxy) is 1. The van der Waals surface area contributed by atoms with Crippen LogP contribution >= 0.6 is 0 Å². The third kappa shape index (κ3) is 2.28. The smallest absolute Gasteiger partial charge is 0.254 e. The second-order valence-electron chi connectivity index (χ2n) is 5.10. The fourth-order valence-corrected chi connectivity index (χ4v) is 2.67. The minimum Gasteiger partial charge on any atom is -0.372 e. The number of nitrogens with two attached hydrogens (primary N) is 1. The van der Waals surface area contributed by atoms with E-state index in [-0.39, 0.29) is 5.91 Å². The summed E-state index contributed by atoms with van der Waals surface area (Å²) in [7, 11) is 0. The van der Waals surface area contributed by atoms with E-state index in [4.69, 9.17) is 10.5 Å². The summed E-state index contributed by atoms with van der Waals surface area (Å²) in [6.07, 6.45) is 0. The minimum atomic E-state index is -0.583. The fourth-order valence-electron chi connectivity index (χ4n) is 2.67. The van der Waals surface area contributed by atoms with E-state index in [0.29, 0.717) is 38.4 Å². The Bertz CT molecular complexity index is 559. The van der Waals surface area contributed by atoms with Crippen molar-refractivity contribution in [1.29, 1.82) is 0 Å². The van der Waals surface area contributed by atoms with Crippen molar-refractivity contribution in [2.45, 2.75) is 19.3 Å². The maximum atomic E-state index is 12.6. The molecule has 2 amide bonds. The summed E-state index contributed by atoms with van der Waals surface area (Å²) in [6, 6.07) is 4.97. The van der Waals surface area contributed by atoms with E-state index in [1.807, 2.05) is 12.1 Å². The van der Waals surface area contributed by atoms with E-state index in [0.717, 1.165) is 11.1 Å². The van der Waals surface area contributed by atoms with Crippen molar-refractivity contribution in [3.8, 4) is 0 Å². The van der Waals surface area contributed by atoms with E-state index in [9.17, 15) is 9.59 Å². The van der Waals surface area contributed by atoms with Crippen LogP contribution in [-0.2, 0) is 22.7 Å². The van der Waals surface area contributed by atoms with Crippen molar-refractivity contribution in [3.05, 3.63) is 34.9 Å². The number of hydrogen-bond donors (Lipinski definition) is 2. The molecule has 2 aliphatic heterocycles. The highest BCUT2D eigenvalue weighted by Crippen LogP contribution is 2.22. The highest BCUT2D eigenvalue weighted by Gasteiger charge is 2.31. The molecule has 0 radical (unpaired) electrons. The van der Waals surface area contributed by atoms with Gasteiger partial charge >= 0.3 is 0 Å². The number of fused-ring (bicyclic) bond motifs is 1. The molecule has 2 heterocycles. The Labute approximate surface area is 116 Å². The lowest BCUT2D eigenvalue weighted by Gasteiger charge is -2.34. The molecule has 2 aliphatic rings. The summed E-state index contributed by atoms with van der Waals surface area (Å²) < 4.78 is 5.35. The highest BCUT2D eigenvalue weighted by molar-refractivity contribution is 5.97. The van der Waals surface area contributed by atoms with Crippen molar-refractivity contribution >= 4 is 11.8 Å². The first kappa shape index (κ1) is 13.1. The van der Waals surface area contributed by atoms with Crippen LogP contribution in [0.2, 0.25) is 0 Å². The molecule has 1 unspecified atom stereocenters. The van der Waals surface area contributed by atoms with Crippen LogP contribution in [0.4, 0.5) is 0 Å². The number of piperazine rings is 1. The van der Waals surface area contributed by atoms with Crippen molar-refractivity contribution in [1.82, 2.24) is 10.2 Å². The molecule has 0 bridgehead atoms. The second-order valence-corrected chi connectivity index (χ2v) is 5.10. The summed E-state index contributed by atoms with van der Waals surface area (Å²) in [4.78, 5) is 25.6. The zero-order chi connectivity index (χ0) is 14.1. The van der Waals surface area contributed by atoms with Crippen LogP contribution in [0.1, 0.15) is 21.5 Å². The molecule has 0 saturated carbocycles. The molecule has 3 N–H and O–H groups in total. The topological polar surface area (TPSA) is 84.7 Å². The van der Waals surface area contributed by atoms with Crippen LogP contribution in [0.25, 0.3) is 0 Å². The largest absolute Gasteiger partial charge is 0.372 e. The first-order chi connectivity index (χ1) is 9.66. The predicted octanol–water partition coefficient (Wildman–Crippen LogP) is -0.384. The molecule has 0 aromatic heterocycles. The Balaban J connectivity index is 1.85. The molecule has 1 aromatic carbocycles. The van der Waals surface area contributed by atoms with Gasteiger partial charge in [0.15, 0.2) is 0 Å². The molecule has 1 fully saturated rings. The Hall–Kier alpha value is -1.92. The quantitative estimate of drug-likeness (QED) is 0.770. The number of primary amides is 1. The highest BCUT2D eigenvalue weighted by atomic mass is 16.5. The maximum absolute atomic E-state index is 12.6. The third-order valence-electron chi connectivity index (χ3n) is 3.80. The lowest BCUT2D eigenvalue weighted by atomic mass is 10.0. The van der Waals surface area contributed by atoms with Gasteiger partial charge in [0.25, 0.3) is 5.91 Å². The van der Waals surface area contributed by atoms with Gasteiger partial charge in [-0.25, -0.2) is 0 Å². The van der Waals surface area contributed by atoms with Gasteiger partial charge in [0.05, 0.1) is 13.2 Å². The van der Waals surface area contributed by atoms with Gasteiger partial charge in [-0.3, -0.25) is 9.59 Å². The van der Waals surface area contributed by atoms with Crippen LogP contribution in [-0.4, -0.2) is 42.4 Å². The average Bonchev–Trinajstić information content (AvgIpc) is 2.93. The number of carbonyl (C=O) groups excluding carboxylic acids is 2. The molecule has 3 rings (SSSR count). The molecule has 0 spiro atoms. The second kappa shape index (κ2) is 5.22. The molecular formula is C14H17N3O3. The van der Waals surface area contributed by atoms with Gasteiger partial charge in [0, 0.05) is 25.2 Å². The standard InChI is InChI=1S/C14H17N3O3/c15-13(18)12-6-16-3-4-17(12)14(19)9-1-2-10-7-20-8-11(10)5-9/h1-2,5,12,16H,3-4,6-8H2,(H2,15,18). The summed E-state index contributed by atoms with van der Waals surface area (Å²) in [5.74, 6) is -0.625. The Kier molecular flexibility index (Phi) is 3.42. The van der Waals surface area contributed by atoms with Crippen LogP contribution in [0.3, 0.4) is 0 Å². The molecule has 106 valence electrons. The first-order valence-electron chi connectivity index (χ1n) is 6.67. The number of rotatable bonds is 2. The van der Waals surface area contributed by atoms with Crippen molar-refractivity contribution in [3.63, 3.8) is 0 Å². The summed E-state index contributed by atoms with van der Waals surface area (Å²) in [6.45, 7) is 2.71. The van der Waals surface area contributed by atoms with E-state index < -0.39 is 11.9 Å². The van der Waals surface area contributed by atoms with Crippen LogP contribution in [0.15, 0.2) is 18.2 Å². The predicted molar refractivity (Wildman–Crippen MR) is 71.8 cm³/mol. The van der Waals surface area contributed by atoms with Crippen molar-refractivity contribution in [2.75, 3.05) is 19.6 Å². The molecular weight excluding hydrogens is 258 g/mol. The van der Waals surface area contributed by atoms with E-state index >= 15 is 0 Å². The maximum Gasteiger partial charge on any atom is 0.254 e. The first-order valence-corrected chi connectivity index (χ1v) is 6.67. The SMILES string of the molecule is NC(=O)C1CNCCN1C(=O)c1ccc2c(c1)COC2.